The van der Waals surface area contributed by atoms with Crippen molar-refractivity contribution in [3.05, 3.63) is 53.2 Å². The number of alkyl halides is 3. The monoisotopic (exact) mass is 434 g/mol. The van der Waals surface area contributed by atoms with E-state index < -0.39 is 17.2 Å². The van der Waals surface area contributed by atoms with E-state index in [1.165, 1.54) is 19.2 Å². The largest absolute Gasteiger partial charge is 0.496 e. The molecule has 3 rings (SSSR count). The first kappa shape index (κ1) is 23.0. The van der Waals surface area contributed by atoms with Gasteiger partial charge in [-0.3, -0.25) is 4.68 Å². The lowest BCUT2D eigenvalue weighted by atomic mass is 9.81. The zero-order chi connectivity index (χ0) is 23.2. The molecule has 0 saturated carbocycles. The summed E-state index contributed by atoms with van der Waals surface area (Å²) in [6, 6.07) is 8.24. The van der Waals surface area contributed by atoms with Crippen LogP contribution >= 0.6 is 0 Å². The molecule has 0 aliphatic carbocycles. The van der Waals surface area contributed by atoms with Gasteiger partial charge in [0, 0.05) is 16.4 Å². The summed E-state index contributed by atoms with van der Waals surface area (Å²) in [6.07, 6.45) is -2.76. The Bertz CT molecular complexity index is 1090. The van der Waals surface area contributed by atoms with Crippen LogP contribution in [0.3, 0.4) is 0 Å². The van der Waals surface area contributed by atoms with Crippen molar-refractivity contribution in [1.29, 1.82) is 0 Å². The molecule has 0 aliphatic rings. The van der Waals surface area contributed by atoms with E-state index in [1.807, 2.05) is 12.1 Å². The molecule has 168 valence electrons. The lowest BCUT2D eigenvalue weighted by molar-refractivity contribution is -0.140. The number of nitrogens with zero attached hydrogens (tertiary/aromatic N) is 2. The summed E-state index contributed by atoms with van der Waals surface area (Å²) in [4.78, 5) is 0. The van der Waals surface area contributed by atoms with Crippen molar-refractivity contribution < 1.29 is 22.6 Å². The lowest BCUT2D eigenvalue weighted by Crippen LogP contribution is -2.29. The molecule has 1 heterocycles. The second-order valence-corrected chi connectivity index (χ2v) is 9.39. The van der Waals surface area contributed by atoms with E-state index in [0.717, 1.165) is 22.2 Å². The van der Waals surface area contributed by atoms with Gasteiger partial charge in [0.05, 0.1) is 32.5 Å². The first-order valence-corrected chi connectivity index (χ1v) is 10.1. The highest BCUT2D eigenvalue weighted by Gasteiger charge is 2.41. The van der Waals surface area contributed by atoms with Crippen LogP contribution < -0.4 is 9.47 Å². The van der Waals surface area contributed by atoms with Gasteiger partial charge in [-0.1, -0.05) is 46.8 Å². The maximum absolute atomic E-state index is 13.9. The minimum Gasteiger partial charge on any atom is -0.496 e. The Hall–Kier alpha value is -2.70. The second-order valence-electron chi connectivity index (χ2n) is 9.39. The predicted molar refractivity (Wildman–Crippen MR) is 116 cm³/mol. The average molecular weight is 435 g/mol. The lowest BCUT2D eigenvalue weighted by Gasteiger charge is -2.30. The highest BCUT2D eigenvalue weighted by atomic mass is 19.4. The number of aromatic nitrogens is 2. The van der Waals surface area contributed by atoms with Crippen molar-refractivity contribution in [3.63, 3.8) is 0 Å². The molecule has 0 amide bonds. The van der Waals surface area contributed by atoms with Crippen LogP contribution in [0.15, 0.2) is 36.5 Å². The van der Waals surface area contributed by atoms with Crippen molar-refractivity contribution in [3.8, 4) is 11.5 Å². The minimum absolute atomic E-state index is 0.174. The summed E-state index contributed by atoms with van der Waals surface area (Å²) >= 11 is 0. The third kappa shape index (κ3) is 4.23. The van der Waals surface area contributed by atoms with Crippen LogP contribution in [0.2, 0.25) is 0 Å². The quantitative estimate of drug-likeness (QED) is 0.470. The number of rotatable bonds is 5. The number of benzene rings is 2. The summed E-state index contributed by atoms with van der Waals surface area (Å²) in [6.45, 7) is 10.1. The van der Waals surface area contributed by atoms with E-state index in [4.69, 9.17) is 9.47 Å². The summed E-state index contributed by atoms with van der Waals surface area (Å²) in [5, 5.41) is 5.47. The van der Waals surface area contributed by atoms with Crippen LogP contribution in [-0.2, 0) is 23.6 Å². The molecule has 1 aromatic heterocycles. The third-order valence-electron chi connectivity index (χ3n) is 5.56. The van der Waals surface area contributed by atoms with E-state index in [1.54, 1.807) is 37.9 Å². The number of methoxy groups -OCH3 is 2. The molecule has 2 aromatic carbocycles. The maximum Gasteiger partial charge on any atom is 0.420 e. The van der Waals surface area contributed by atoms with Gasteiger partial charge >= 0.3 is 6.18 Å². The van der Waals surface area contributed by atoms with Gasteiger partial charge in [-0.05, 0) is 29.2 Å². The van der Waals surface area contributed by atoms with Crippen LogP contribution in [0.4, 0.5) is 13.2 Å². The van der Waals surface area contributed by atoms with Gasteiger partial charge in [-0.25, -0.2) is 0 Å². The molecular formula is C24H29F3N2O2. The Morgan fingerprint density at radius 2 is 1.48 bits per heavy atom. The number of hydrogen-bond donors (Lipinski definition) is 0. The fraction of sp³-hybridized carbons (Fsp3) is 0.458. The standard InChI is InChI=1S/C24H29F3N2O2/c1-22(2,3)20-15-13-28-29(17(15)11-12-19(20)31-7)14-23(4,5)16-9-8-10-18(30-6)21(16)24(25,26)27/h8-13H,14H2,1-7H3. The van der Waals surface area contributed by atoms with Crippen molar-refractivity contribution in [1.82, 2.24) is 9.78 Å². The summed E-state index contributed by atoms with van der Waals surface area (Å²) in [7, 11) is 2.88. The Morgan fingerprint density at radius 1 is 0.871 bits per heavy atom. The number of fused-ring (bicyclic) bond motifs is 1. The summed E-state index contributed by atoms with van der Waals surface area (Å²) in [5.74, 6) is 0.592. The van der Waals surface area contributed by atoms with Gasteiger partial charge in [0.25, 0.3) is 0 Å². The third-order valence-corrected chi connectivity index (χ3v) is 5.56. The first-order valence-electron chi connectivity index (χ1n) is 10.1. The van der Waals surface area contributed by atoms with Crippen LogP contribution in [0.5, 0.6) is 11.5 Å². The van der Waals surface area contributed by atoms with E-state index in [9.17, 15) is 13.2 Å². The van der Waals surface area contributed by atoms with Gasteiger partial charge in [0.15, 0.2) is 0 Å². The molecule has 31 heavy (non-hydrogen) atoms. The Balaban J connectivity index is 2.14. The van der Waals surface area contributed by atoms with Gasteiger partial charge in [-0.2, -0.15) is 18.3 Å². The topological polar surface area (TPSA) is 36.3 Å². The van der Waals surface area contributed by atoms with Crippen LogP contribution in [0, 0.1) is 0 Å². The number of hydrogen-bond acceptors (Lipinski definition) is 3. The molecule has 0 saturated heterocycles. The van der Waals surface area contributed by atoms with Crippen molar-refractivity contribution in [2.45, 2.75) is 58.2 Å². The Morgan fingerprint density at radius 3 is 2.03 bits per heavy atom. The first-order chi connectivity index (χ1) is 14.3. The summed E-state index contributed by atoms with van der Waals surface area (Å²) in [5.41, 5.74) is 0.262. The van der Waals surface area contributed by atoms with Crippen molar-refractivity contribution >= 4 is 10.9 Å². The molecule has 0 radical (unpaired) electrons. The molecule has 0 atom stereocenters. The zero-order valence-electron chi connectivity index (χ0n) is 19.0. The van der Waals surface area contributed by atoms with E-state index >= 15 is 0 Å². The molecule has 0 bridgehead atoms. The van der Waals surface area contributed by atoms with E-state index in [0.29, 0.717) is 0 Å². The Labute approximate surface area is 181 Å². The highest BCUT2D eigenvalue weighted by Crippen LogP contribution is 2.44. The Kier molecular flexibility index (Phi) is 5.76. The van der Waals surface area contributed by atoms with Gasteiger partial charge < -0.3 is 9.47 Å². The smallest absolute Gasteiger partial charge is 0.420 e. The van der Waals surface area contributed by atoms with Gasteiger partial charge in [-0.15, -0.1) is 0 Å². The SMILES string of the molecule is COc1cccc(C(C)(C)Cn2ncc3c(C(C)(C)C)c(OC)ccc32)c1C(F)(F)F. The van der Waals surface area contributed by atoms with Gasteiger partial charge in [0.2, 0.25) is 0 Å². The molecule has 7 heteroatoms. The molecule has 4 nitrogen and oxygen atoms in total. The van der Waals surface area contributed by atoms with Crippen LogP contribution in [0.1, 0.15) is 51.3 Å². The van der Waals surface area contributed by atoms with Crippen molar-refractivity contribution in [2.24, 2.45) is 0 Å². The molecule has 0 spiro atoms. The minimum atomic E-state index is -4.53. The number of ether oxygens (including phenoxy) is 2. The molecule has 0 aliphatic heterocycles. The molecule has 0 N–H and O–H groups in total. The van der Waals surface area contributed by atoms with E-state index in [-0.39, 0.29) is 23.3 Å². The second kappa shape index (κ2) is 7.77. The average Bonchev–Trinajstić information content (AvgIpc) is 3.06. The van der Waals surface area contributed by atoms with E-state index in [2.05, 4.69) is 25.9 Å². The van der Waals surface area contributed by atoms with Crippen LogP contribution in [-0.4, -0.2) is 24.0 Å². The molecule has 3 aromatic rings. The predicted octanol–water partition coefficient (Wildman–Crippen LogP) is 6.35. The molecular weight excluding hydrogens is 405 g/mol. The fourth-order valence-electron chi connectivity index (χ4n) is 4.22. The molecule has 0 unspecified atom stereocenters. The molecule has 0 fully saturated rings. The number of halogens is 3. The zero-order valence-corrected chi connectivity index (χ0v) is 19.0. The van der Waals surface area contributed by atoms with Gasteiger partial charge in [0.1, 0.15) is 17.1 Å². The normalized spacial score (nSPS) is 13.0. The highest BCUT2D eigenvalue weighted by molar-refractivity contribution is 5.86. The van der Waals surface area contributed by atoms with Crippen molar-refractivity contribution in [2.75, 3.05) is 14.2 Å². The summed E-state index contributed by atoms with van der Waals surface area (Å²) < 4.78 is 54.1. The maximum atomic E-state index is 13.9. The fourth-order valence-corrected chi connectivity index (χ4v) is 4.22. The van der Waals surface area contributed by atoms with Crippen LogP contribution in [0.25, 0.3) is 10.9 Å².